The van der Waals surface area contributed by atoms with Crippen LogP contribution in [0.25, 0.3) is 0 Å². The molecular weight excluding hydrogens is 236 g/mol. The summed E-state index contributed by atoms with van der Waals surface area (Å²) in [5.41, 5.74) is 6.48. The van der Waals surface area contributed by atoms with Crippen LogP contribution >= 0.6 is 0 Å². The highest BCUT2D eigenvalue weighted by Gasteiger charge is 1.96. The Labute approximate surface area is 117 Å². The molecule has 0 radical (unpaired) electrons. The third-order valence-corrected chi connectivity index (χ3v) is 2.49. The molecular formula is C16H26N2O. The molecule has 3 nitrogen and oxygen atoms in total. The molecule has 0 rings (SSSR count). The SMILES string of the molecule is C=CCC(=O)NCCCCC(=C)/C=C\C=C/CCN. The van der Waals surface area contributed by atoms with Gasteiger partial charge in [0, 0.05) is 13.0 Å². The molecule has 0 aliphatic heterocycles. The number of nitrogens with two attached hydrogens (primary N) is 1. The van der Waals surface area contributed by atoms with Gasteiger partial charge in [-0.15, -0.1) is 6.58 Å². The van der Waals surface area contributed by atoms with Crippen molar-refractivity contribution in [3.8, 4) is 0 Å². The molecule has 0 heterocycles. The molecule has 3 heteroatoms. The largest absolute Gasteiger partial charge is 0.356 e. The highest BCUT2D eigenvalue weighted by atomic mass is 16.1. The third-order valence-electron chi connectivity index (χ3n) is 2.49. The van der Waals surface area contributed by atoms with Gasteiger partial charge in [0.05, 0.1) is 0 Å². The summed E-state index contributed by atoms with van der Waals surface area (Å²) in [5, 5.41) is 2.84. The van der Waals surface area contributed by atoms with Crippen molar-refractivity contribution < 1.29 is 4.79 Å². The number of allylic oxidation sites excluding steroid dienone is 4. The smallest absolute Gasteiger partial charge is 0.223 e. The van der Waals surface area contributed by atoms with Gasteiger partial charge in [0.25, 0.3) is 0 Å². The van der Waals surface area contributed by atoms with E-state index in [0.29, 0.717) is 13.0 Å². The van der Waals surface area contributed by atoms with Gasteiger partial charge in [-0.3, -0.25) is 4.79 Å². The van der Waals surface area contributed by atoms with E-state index in [1.807, 2.05) is 24.3 Å². The normalized spacial score (nSPS) is 11.0. The fourth-order valence-electron chi connectivity index (χ4n) is 1.45. The fraction of sp³-hybridized carbons (Fsp3) is 0.438. The quantitative estimate of drug-likeness (QED) is 0.342. The van der Waals surface area contributed by atoms with Gasteiger partial charge in [0.2, 0.25) is 5.91 Å². The van der Waals surface area contributed by atoms with Crippen LogP contribution in [0.2, 0.25) is 0 Å². The Morgan fingerprint density at radius 3 is 2.74 bits per heavy atom. The molecule has 0 unspecified atom stereocenters. The van der Waals surface area contributed by atoms with Crippen molar-refractivity contribution in [1.29, 1.82) is 0 Å². The molecule has 106 valence electrons. The summed E-state index contributed by atoms with van der Waals surface area (Å²) in [6.45, 7) is 8.92. The molecule has 0 aliphatic rings. The first-order valence-corrected chi connectivity index (χ1v) is 6.79. The first-order valence-electron chi connectivity index (χ1n) is 6.79. The van der Waals surface area contributed by atoms with Crippen LogP contribution in [-0.4, -0.2) is 19.0 Å². The second kappa shape index (κ2) is 12.8. The lowest BCUT2D eigenvalue weighted by Crippen LogP contribution is -2.23. The Bertz CT molecular complexity index is 330. The standard InChI is InChI=1S/C16H26N2O/c1-3-10-16(19)18-14-9-7-12-15(2)11-6-4-5-8-13-17/h3-6,11H,1-2,7-10,12-14,17H2,(H,18,19)/b5-4-,11-6-. The summed E-state index contributed by atoms with van der Waals surface area (Å²) >= 11 is 0. The maximum absolute atomic E-state index is 11.1. The molecule has 0 atom stereocenters. The molecule has 0 aromatic heterocycles. The lowest BCUT2D eigenvalue weighted by molar-refractivity contribution is -0.120. The van der Waals surface area contributed by atoms with Crippen molar-refractivity contribution in [2.45, 2.75) is 32.1 Å². The number of hydrogen-bond donors (Lipinski definition) is 2. The predicted octanol–water partition coefficient (Wildman–Crippen LogP) is 2.87. The molecule has 0 aliphatic carbocycles. The minimum atomic E-state index is 0.0405. The van der Waals surface area contributed by atoms with Crippen LogP contribution in [0, 0.1) is 0 Å². The van der Waals surface area contributed by atoms with Gasteiger partial charge in [0.1, 0.15) is 0 Å². The predicted molar refractivity (Wildman–Crippen MR) is 82.8 cm³/mol. The van der Waals surface area contributed by atoms with Crippen LogP contribution in [0.1, 0.15) is 32.1 Å². The first kappa shape index (κ1) is 17.4. The maximum atomic E-state index is 11.1. The average molecular weight is 262 g/mol. The van der Waals surface area contributed by atoms with Crippen molar-refractivity contribution in [2.24, 2.45) is 5.73 Å². The Morgan fingerprint density at radius 2 is 2.05 bits per heavy atom. The zero-order chi connectivity index (χ0) is 14.3. The molecule has 0 aromatic carbocycles. The Morgan fingerprint density at radius 1 is 1.26 bits per heavy atom. The highest BCUT2D eigenvalue weighted by molar-refractivity contribution is 5.77. The van der Waals surface area contributed by atoms with Gasteiger partial charge in [-0.1, -0.05) is 42.5 Å². The molecule has 3 N–H and O–H groups in total. The van der Waals surface area contributed by atoms with Gasteiger partial charge >= 0.3 is 0 Å². The second-order valence-corrected chi connectivity index (χ2v) is 4.32. The van der Waals surface area contributed by atoms with E-state index in [1.165, 1.54) is 0 Å². The van der Waals surface area contributed by atoms with E-state index >= 15 is 0 Å². The highest BCUT2D eigenvalue weighted by Crippen LogP contribution is 2.06. The summed E-state index contributed by atoms with van der Waals surface area (Å²) in [4.78, 5) is 11.1. The molecule has 0 fully saturated rings. The zero-order valence-electron chi connectivity index (χ0n) is 11.7. The third kappa shape index (κ3) is 12.6. The van der Waals surface area contributed by atoms with Crippen LogP contribution < -0.4 is 11.1 Å². The summed E-state index contributed by atoms with van der Waals surface area (Å²) < 4.78 is 0. The van der Waals surface area contributed by atoms with Crippen molar-refractivity contribution in [3.63, 3.8) is 0 Å². The Kier molecular flexibility index (Phi) is 11.7. The second-order valence-electron chi connectivity index (χ2n) is 4.32. The summed E-state index contributed by atoms with van der Waals surface area (Å²) in [6.07, 6.45) is 13.9. The number of rotatable bonds is 11. The molecule has 0 spiro atoms. The fourth-order valence-corrected chi connectivity index (χ4v) is 1.45. The molecule has 19 heavy (non-hydrogen) atoms. The minimum Gasteiger partial charge on any atom is -0.356 e. The Hall–Kier alpha value is -1.61. The molecule has 0 bridgehead atoms. The number of hydrogen-bond acceptors (Lipinski definition) is 2. The zero-order valence-corrected chi connectivity index (χ0v) is 11.7. The van der Waals surface area contributed by atoms with E-state index < -0.39 is 0 Å². The lowest BCUT2D eigenvalue weighted by Gasteiger charge is -2.03. The van der Waals surface area contributed by atoms with Crippen LogP contribution in [0.15, 0.2) is 49.1 Å². The minimum absolute atomic E-state index is 0.0405. The number of carbonyl (C=O) groups excluding carboxylic acids is 1. The topological polar surface area (TPSA) is 55.1 Å². The van der Waals surface area contributed by atoms with E-state index in [-0.39, 0.29) is 5.91 Å². The van der Waals surface area contributed by atoms with Gasteiger partial charge in [-0.05, 0) is 32.2 Å². The van der Waals surface area contributed by atoms with Crippen molar-refractivity contribution in [3.05, 3.63) is 49.1 Å². The monoisotopic (exact) mass is 262 g/mol. The van der Waals surface area contributed by atoms with Crippen molar-refractivity contribution in [1.82, 2.24) is 5.32 Å². The lowest BCUT2D eigenvalue weighted by atomic mass is 10.1. The van der Waals surface area contributed by atoms with Gasteiger partial charge in [-0.25, -0.2) is 0 Å². The number of amides is 1. The van der Waals surface area contributed by atoms with Crippen LogP contribution in [0.3, 0.4) is 0 Å². The molecule has 1 amide bonds. The summed E-state index contributed by atoms with van der Waals surface area (Å²) in [5.74, 6) is 0.0405. The van der Waals surface area contributed by atoms with Crippen LogP contribution in [0.4, 0.5) is 0 Å². The Balaban J connectivity index is 3.53. The van der Waals surface area contributed by atoms with E-state index in [1.54, 1.807) is 6.08 Å². The van der Waals surface area contributed by atoms with E-state index in [2.05, 4.69) is 18.5 Å². The molecule has 0 aromatic rings. The van der Waals surface area contributed by atoms with Gasteiger partial charge < -0.3 is 11.1 Å². The number of carbonyl (C=O) groups is 1. The van der Waals surface area contributed by atoms with E-state index in [4.69, 9.17) is 5.73 Å². The number of unbranched alkanes of at least 4 members (excludes halogenated alkanes) is 1. The van der Waals surface area contributed by atoms with Crippen LogP contribution in [-0.2, 0) is 4.79 Å². The van der Waals surface area contributed by atoms with Crippen molar-refractivity contribution >= 4 is 5.91 Å². The van der Waals surface area contributed by atoms with E-state index in [0.717, 1.165) is 37.8 Å². The summed E-state index contributed by atoms with van der Waals surface area (Å²) in [7, 11) is 0. The van der Waals surface area contributed by atoms with E-state index in [9.17, 15) is 4.79 Å². The van der Waals surface area contributed by atoms with Gasteiger partial charge in [0.15, 0.2) is 0 Å². The summed E-state index contributed by atoms with van der Waals surface area (Å²) in [6, 6.07) is 0. The van der Waals surface area contributed by atoms with Crippen LogP contribution in [0.5, 0.6) is 0 Å². The molecule has 0 saturated carbocycles. The molecule has 0 saturated heterocycles. The number of nitrogens with one attached hydrogen (secondary N) is 1. The first-order chi connectivity index (χ1) is 9.20. The maximum Gasteiger partial charge on any atom is 0.223 e. The average Bonchev–Trinajstić information content (AvgIpc) is 2.38. The van der Waals surface area contributed by atoms with Crippen molar-refractivity contribution in [2.75, 3.05) is 13.1 Å². The van der Waals surface area contributed by atoms with Gasteiger partial charge in [-0.2, -0.15) is 0 Å².